The molecule has 0 unspecified atom stereocenters. The monoisotopic (exact) mass is 636 g/mol. The normalized spacial score (nSPS) is 20.2. The van der Waals surface area contributed by atoms with E-state index in [1.54, 1.807) is 6.07 Å². The van der Waals surface area contributed by atoms with E-state index < -0.39 is 21.5 Å². The molecule has 1 aromatic heterocycles. The molecule has 242 valence electrons. The topological polar surface area (TPSA) is 160 Å². The highest BCUT2D eigenvalue weighted by Crippen LogP contribution is 2.37. The van der Waals surface area contributed by atoms with E-state index in [9.17, 15) is 23.1 Å². The third-order valence-corrected chi connectivity index (χ3v) is 10.7. The van der Waals surface area contributed by atoms with Crippen molar-refractivity contribution in [1.82, 2.24) is 19.2 Å². The van der Waals surface area contributed by atoms with Gasteiger partial charge >= 0.3 is 0 Å². The summed E-state index contributed by atoms with van der Waals surface area (Å²) < 4.78 is 29.8. The maximum atomic E-state index is 13.5. The molecule has 0 radical (unpaired) electrons. The van der Waals surface area contributed by atoms with Crippen molar-refractivity contribution in [2.75, 3.05) is 25.0 Å². The number of benzene rings is 2. The zero-order valence-electron chi connectivity index (χ0n) is 26.0. The molecular formula is C33H44N6O5S. The van der Waals surface area contributed by atoms with E-state index in [1.165, 1.54) is 24.3 Å². The molecule has 2 aliphatic rings. The number of carbonyl (C=O) groups excluding carboxylic acids is 2. The first-order valence-corrected chi connectivity index (χ1v) is 17.1. The number of amides is 2. The van der Waals surface area contributed by atoms with Crippen LogP contribution >= 0.6 is 0 Å². The summed E-state index contributed by atoms with van der Waals surface area (Å²) in [5.41, 5.74) is 7.86. The number of carbonyl (C=O) groups is 2. The number of aliphatic hydroxyl groups is 1. The van der Waals surface area contributed by atoms with Crippen LogP contribution in [-0.4, -0.2) is 65.0 Å². The van der Waals surface area contributed by atoms with Crippen molar-refractivity contribution >= 4 is 38.8 Å². The van der Waals surface area contributed by atoms with Crippen molar-refractivity contribution in [3.05, 3.63) is 66.2 Å². The first-order chi connectivity index (χ1) is 21.4. The van der Waals surface area contributed by atoms with Crippen molar-refractivity contribution in [3.8, 4) is 0 Å². The van der Waals surface area contributed by atoms with Crippen molar-refractivity contribution in [1.29, 1.82) is 0 Å². The maximum absolute atomic E-state index is 13.5. The lowest BCUT2D eigenvalue weighted by Crippen LogP contribution is -2.41. The van der Waals surface area contributed by atoms with Gasteiger partial charge in [0.2, 0.25) is 21.9 Å². The van der Waals surface area contributed by atoms with Crippen LogP contribution in [0, 0.1) is 11.8 Å². The summed E-state index contributed by atoms with van der Waals surface area (Å²) in [6, 6.07) is 12.0. The van der Waals surface area contributed by atoms with Gasteiger partial charge < -0.3 is 15.4 Å². The molecule has 2 fully saturated rings. The van der Waals surface area contributed by atoms with Crippen LogP contribution in [-0.2, 0) is 21.4 Å². The van der Waals surface area contributed by atoms with Crippen LogP contribution in [0.25, 0.3) is 11.0 Å². The molecule has 1 aliphatic carbocycles. The van der Waals surface area contributed by atoms with Gasteiger partial charge in [-0.2, -0.15) is 0 Å². The fourth-order valence-electron chi connectivity index (χ4n) is 6.60. The molecule has 1 saturated carbocycles. The number of nitrogens with two attached hydrogens (primary N) is 1. The second-order valence-corrected chi connectivity index (χ2v) is 14.6. The van der Waals surface area contributed by atoms with E-state index >= 15 is 0 Å². The number of anilines is 1. The van der Waals surface area contributed by atoms with Crippen molar-refractivity contribution in [2.45, 2.75) is 75.5 Å². The largest absolute Gasteiger partial charge is 0.390 e. The van der Waals surface area contributed by atoms with Crippen molar-refractivity contribution < 1.29 is 23.1 Å². The molecule has 2 heterocycles. The Hall–Kier alpha value is -3.58. The van der Waals surface area contributed by atoms with Gasteiger partial charge in [0.25, 0.3) is 5.91 Å². The highest BCUT2D eigenvalue weighted by molar-refractivity contribution is 7.89. The summed E-state index contributed by atoms with van der Waals surface area (Å²) >= 11 is 0. The molecule has 2 aromatic carbocycles. The lowest BCUT2D eigenvalue weighted by Gasteiger charge is -2.37. The van der Waals surface area contributed by atoms with Crippen molar-refractivity contribution in [2.24, 2.45) is 17.6 Å². The third-order valence-electron chi connectivity index (χ3n) is 9.26. The molecule has 5 N–H and O–H groups in total. The van der Waals surface area contributed by atoms with Crippen LogP contribution in [0.3, 0.4) is 0 Å². The van der Waals surface area contributed by atoms with Crippen LogP contribution < -0.4 is 15.8 Å². The van der Waals surface area contributed by atoms with Gasteiger partial charge in [-0.05, 0) is 107 Å². The quantitative estimate of drug-likeness (QED) is 0.232. The Morgan fingerprint density at radius 1 is 1.09 bits per heavy atom. The van der Waals surface area contributed by atoms with Gasteiger partial charge in [0.05, 0.1) is 21.5 Å². The highest BCUT2D eigenvalue weighted by Gasteiger charge is 2.31. The predicted octanol–water partition coefficient (Wildman–Crippen LogP) is 3.95. The number of nitrogens with one attached hydrogen (secondary N) is 2. The van der Waals surface area contributed by atoms with Gasteiger partial charge in [0.15, 0.2) is 0 Å². The van der Waals surface area contributed by atoms with Gasteiger partial charge in [0.1, 0.15) is 0 Å². The molecule has 0 atom stereocenters. The number of hydrogen-bond acceptors (Lipinski definition) is 7. The standard InChI is InChI=1S/C33H44N6O5S/c1-4-16-35-45(43,44)27-7-5-6-24(20-27)31(41)37-32-36-28-13-8-22(21-38-17-14-25(15-18-38)33(2,3)42)19-29(28)39(32)26-11-9-23(10-12-26)30(34)40/h4-8,13,19-20,23,25-26,35,42H,1,9-12,14-18,21H2,2-3H3,(H2,34,40)(H,36,37,41). The molecule has 12 heteroatoms. The molecule has 5 rings (SSSR count). The number of rotatable bonds is 11. The van der Waals surface area contributed by atoms with E-state index in [1.807, 2.05) is 19.9 Å². The smallest absolute Gasteiger partial charge is 0.258 e. The molecule has 0 spiro atoms. The van der Waals surface area contributed by atoms with E-state index in [-0.39, 0.29) is 40.8 Å². The van der Waals surface area contributed by atoms with Crippen LogP contribution in [0.15, 0.2) is 60.0 Å². The molecule has 2 amide bonds. The van der Waals surface area contributed by atoms with Gasteiger partial charge in [0, 0.05) is 30.6 Å². The zero-order valence-corrected chi connectivity index (χ0v) is 26.9. The fraction of sp³-hybridized carbons (Fsp3) is 0.485. The molecular weight excluding hydrogens is 592 g/mol. The number of sulfonamides is 1. The summed E-state index contributed by atoms with van der Waals surface area (Å²) in [5.74, 6) is -0.281. The lowest BCUT2D eigenvalue weighted by atomic mass is 9.83. The van der Waals surface area contributed by atoms with Crippen LogP contribution in [0.5, 0.6) is 0 Å². The van der Waals surface area contributed by atoms with Crippen LogP contribution in [0.2, 0.25) is 0 Å². The highest BCUT2D eigenvalue weighted by atomic mass is 32.2. The molecule has 11 nitrogen and oxygen atoms in total. The fourth-order valence-corrected chi connectivity index (χ4v) is 7.64. The minimum absolute atomic E-state index is 0.00602. The van der Waals surface area contributed by atoms with Gasteiger partial charge in [-0.3, -0.25) is 19.8 Å². The molecule has 1 aliphatic heterocycles. The predicted molar refractivity (Wildman–Crippen MR) is 174 cm³/mol. The number of nitrogens with zero attached hydrogens (tertiary/aromatic N) is 3. The average molecular weight is 637 g/mol. The summed E-state index contributed by atoms with van der Waals surface area (Å²) in [6.07, 6.45) is 6.05. The first-order valence-electron chi connectivity index (χ1n) is 15.6. The Kier molecular flexibility index (Phi) is 9.78. The maximum Gasteiger partial charge on any atom is 0.258 e. The Balaban J connectivity index is 1.42. The summed E-state index contributed by atoms with van der Waals surface area (Å²) in [6.45, 7) is 9.95. The summed E-state index contributed by atoms with van der Waals surface area (Å²) in [5, 5.41) is 13.4. The zero-order chi connectivity index (χ0) is 32.4. The van der Waals surface area contributed by atoms with E-state index in [2.05, 4.69) is 38.2 Å². The van der Waals surface area contributed by atoms with E-state index in [4.69, 9.17) is 10.7 Å². The SMILES string of the molecule is C=CCNS(=O)(=O)c1cccc(C(=O)Nc2nc3ccc(CN4CCC(C(C)(C)O)CC4)cc3n2C2CCC(C(N)=O)CC2)c1. The first kappa shape index (κ1) is 32.8. The summed E-state index contributed by atoms with van der Waals surface area (Å²) in [7, 11) is -3.81. The minimum atomic E-state index is -3.81. The van der Waals surface area contributed by atoms with Crippen molar-refractivity contribution in [3.63, 3.8) is 0 Å². The summed E-state index contributed by atoms with van der Waals surface area (Å²) in [4.78, 5) is 32.6. The number of imidazole rings is 1. The Morgan fingerprint density at radius 3 is 2.44 bits per heavy atom. The Labute approximate surface area is 264 Å². The van der Waals surface area contributed by atoms with Crippen LogP contribution in [0.4, 0.5) is 5.95 Å². The minimum Gasteiger partial charge on any atom is -0.390 e. The number of primary amides is 1. The van der Waals surface area contributed by atoms with Gasteiger partial charge in [-0.1, -0.05) is 18.2 Å². The number of piperidine rings is 1. The molecule has 1 saturated heterocycles. The molecule has 0 bridgehead atoms. The second-order valence-electron chi connectivity index (χ2n) is 12.9. The Morgan fingerprint density at radius 2 is 1.80 bits per heavy atom. The number of likely N-dealkylation sites (tertiary alicyclic amines) is 1. The van der Waals surface area contributed by atoms with E-state index in [0.717, 1.165) is 49.1 Å². The lowest BCUT2D eigenvalue weighted by molar-refractivity contribution is -0.122. The van der Waals surface area contributed by atoms with Gasteiger partial charge in [-0.15, -0.1) is 6.58 Å². The average Bonchev–Trinajstić information content (AvgIpc) is 3.37. The second kappa shape index (κ2) is 13.4. The Bertz CT molecular complexity index is 1660. The number of hydrogen-bond donors (Lipinski definition) is 4. The van der Waals surface area contributed by atoms with Crippen LogP contribution in [0.1, 0.15) is 74.3 Å². The number of fused-ring (bicyclic) bond motifs is 1. The third kappa shape index (κ3) is 7.63. The molecule has 45 heavy (non-hydrogen) atoms. The van der Waals surface area contributed by atoms with E-state index in [0.29, 0.717) is 31.6 Å². The molecule has 3 aromatic rings. The number of aromatic nitrogens is 2. The van der Waals surface area contributed by atoms with Gasteiger partial charge in [-0.25, -0.2) is 18.1 Å².